The molecule has 0 unspecified atom stereocenters. The van der Waals surface area contributed by atoms with Gasteiger partial charge in [0.1, 0.15) is 11.4 Å². The molecular formula is C24H33NO2. The van der Waals surface area contributed by atoms with Crippen LogP contribution in [0.1, 0.15) is 55.7 Å². The minimum absolute atomic E-state index is 0.700. The predicted molar refractivity (Wildman–Crippen MR) is 111 cm³/mol. The van der Waals surface area contributed by atoms with Gasteiger partial charge >= 0.3 is 0 Å². The molecule has 0 amide bonds. The van der Waals surface area contributed by atoms with Crippen LogP contribution in [-0.4, -0.2) is 36.2 Å². The van der Waals surface area contributed by atoms with Crippen LogP contribution in [0.3, 0.4) is 0 Å². The number of aryl methyl sites for hydroxylation is 1. The molecule has 1 aliphatic heterocycles. The van der Waals surface area contributed by atoms with Gasteiger partial charge in [-0.1, -0.05) is 55.3 Å². The third-order valence-corrected chi connectivity index (χ3v) is 5.54. The zero-order valence-electron chi connectivity index (χ0n) is 16.8. The number of hydrogen-bond acceptors (Lipinski definition) is 3. The molecule has 0 radical (unpaired) electrons. The first kappa shape index (κ1) is 19.9. The van der Waals surface area contributed by atoms with Crippen molar-refractivity contribution in [2.75, 3.05) is 26.2 Å². The number of piperidine rings is 1. The highest BCUT2D eigenvalue weighted by atomic mass is 16.5. The third kappa shape index (κ3) is 5.12. The van der Waals surface area contributed by atoms with Gasteiger partial charge in [-0.2, -0.15) is 0 Å². The quantitative estimate of drug-likeness (QED) is 0.720. The normalized spacial score (nSPS) is 17.4. The van der Waals surface area contributed by atoms with E-state index in [-0.39, 0.29) is 0 Å². The fourth-order valence-corrected chi connectivity index (χ4v) is 3.91. The summed E-state index contributed by atoms with van der Waals surface area (Å²) >= 11 is 0. The van der Waals surface area contributed by atoms with E-state index < -0.39 is 5.60 Å². The molecule has 1 N–H and O–H groups in total. The van der Waals surface area contributed by atoms with Crippen molar-refractivity contribution in [2.24, 2.45) is 0 Å². The summed E-state index contributed by atoms with van der Waals surface area (Å²) in [4.78, 5) is 2.49. The zero-order chi connectivity index (χ0) is 19.1. The van der Waals surface area contributed by atoms with Gasteiger partial charge in [0, 0.05) is 6.54 Å². The Morgan fingerprint density at radius 3 is 2.41 bits per heavy atom. The van der Waals surface area contributed by atoms with Gasteiger partial charge in [-0.15, -0.1) is 0 Å². The number of ether oxygens (including phenoxy) is 1. The lowest BCUT2D eigenvalue weighted by molar-refractivity contribution is 0.0544. The van der Waals surface area contributed by atoms with Gasteiger partial charge in [0.25, 0.3) is 0 Å². The third-order valence-electron chi connectivity index (χ3n) is 5.54. The van der Waals surface area contributed by atoms with Crippen molar-refractivity contribution in [2.45, 2.75) is 51.6 Å². The molecule has 3 nitrogen and oxygen atoms in total. The number of nitrogens with zero attached hydrogens (tertiary/aromatic N) is 1. The fourth-order valence-electron chi connectivity index (χ4n) is 3.91. The zero-order valence-corrected chi connectivity index (χ0v) is 16.8. The van der Waals surface area contributed by atoms with Crippen molar-refractivity contribution in [3.63, 3.8) is 0 Å². The Balaban J connectivity index is 1.84. The summed E-state index contributed by atoms with van der Waals surface area (Å²) in [6, 6.07) is 16.3. The van der Waals surface area contributed by atoms with Gasteiger partial charge in [0.05, 0.1) is 6.61 Å². The van der Waals surface area contributed by atoms with E-state index >= 15 is 0 Å². The minimum atomic E-state index is -0.979. The Kier molecular flexibility index (Phi) is 6.92. The molecule has 2 aromatic carbocycles. The van der Waals surface area contributed by atoms with Gasteiger partial charge in [-0.3, -0.25) is 0 Å². The first-order chi connectivity index (χ1) is 13.1. The molecule has 1 saturated heterocycles. The highest BCUT2D eigenvalue weighted by Crippen LogP contribution is 2.35. The molecule has 0 aliphatic carbocycles. The molecule has 0 spiro atoms. The second-order valence-corrected chi connectivity index (χ2v) is 7.75. The molecule has 3 rings (SSSR count). The number of likely N-dealkylation sites (tertiary alicyclic amines) is 1. The molecule has 146 valence electrons. The van der Waals surface area contributed by atoms with Crippen LogP contribution < -0.4 is 4.74 Å². The van der Waals surface area contributed by atoms with E-state index in [1.54, 1.807) is 0 Å². The van der Waals surface area contributed by atoms with Crippen molar-refractivity contribution in [1.29, 1.82) is 0 Å². The van der Waals surface area contributed by atoms with Gasteiger partial charge < -0.3 is 14.7 Å². The Hall–Kier alpha value is -1.84. The number of benzene rings is 2. The summed E-state index contributed by atoms with van der Waals surface area (Å²) in [6.45, 7) is 8.11. The summed E-state index contributed by atoms with van der Waals surface area (Å²) in [6.07, 6.45) is 5.56. The van der Waals surface area contributed by atoms with Gasteiger partial charge in [-0.05, 0) is 69.0 Å². The van der Waals surface area contributed by atoms with E-state index in [1.807, 2.05) is 36.4 Å². The van der Waals surface area contributed by atoms with Crippen LogP contribution in [-0.2, 0) is 5.60 Å². The van der Waals surface area contributed by atoms with Crippen molar-refractivity contribution in [3.05, 3.63) is 65.2 Å². The van der Waals surface area contributed by atoms with Gasteiger partial charge in [0.15, 0.2) is 0 Å². The molecule has 1 atom stereocenters. The molecule has 1 fully saturated rings. The molecule has 0 saturated carbocycles. The smallest absolute Gasteiger partial charge is 0.119 e. The molecule has 27 heavy (non-hydrogen) atoms. The maximum Gasteiger partial charge on any atom is 0.119 e. The Morgan fingerprint density at radius 1 is 1.00 bits per heavy atom. The van der Waals surface area contributed by atoms with Crippen molar-refractivity contribution >= 4 is 0 Å². The summed E-state index contributed by atoms with van der Waals surface area (Å²) in [5.41, 5.74) is 2.11. The van der Waals surface area contributed by atoms with E-state index in [0.717, 1.165) is 49.5 Å². The van der Waals surface area contributed by atoms with Gasteiger partial charge in [0.2, 0.25) is 0 Å². The maximum absolute atomic E-state index is 11.8. The molecule has 0 aromatic heterocycles. The van der Waals surface area contributed by atoms with E-state index in [9.17, 15) is 5.11 Å². The first-order valence-electron chi connectivity index (χ1n) is 10.4. The number of rotatable bonds is 8. The first-order valence-corrected chi connectivity index (χ1v) is 10.4. The van der Waals surface area contributed by atoms with Crippen molar-refractivity contribution in [1.82, 2.24) is 4.90 Å². The highest BCUT2D eigenvalue weighted by Gasteiger charge is 2.32. The standard InChI is InChI=1S/C24H33NO2/c1-3-18-27-23-12-10-21(11-13-23)24(26,22-9-7-8-20(2)19-22)14-17-25-15-5-4-6-16-25/h7-13,19,26H,3-6,14-18H2,1-2H3/t24-/m0/s1. The Labute approximate surface area is 164 Å². The monoisotopic (exact) mass is 367 g/mol. The molecule has 1 heterocycles. The SMILES string of the molecule is CCCOc1ccc([C@@](O)(CCN2CCCCC2)c2cccc(C)c2)cc1. The van der Waals surface area contributed by atoms with E-state index in [0.29, 0.717) is 6.42 Å². The largest absolute Gasteiger partial charge is 0.494 e. The van der Waals surface area contributed by atoms with Crippen LogP contribution in [0.15, 0.2) is 48.5 Å². The van der Waals surface area contributed by atoms with Crippen molar-refractivity contribution in [3.8, 4) is 5.75 Å². The molecular weight excluding hydrogens is 334 g/mol. The average Bonchev–Trinajstić information content (AvgIpc) is 2.71. The van der Waals surface area contributed by atoms with Gasteiger partial charge in [-0.25, -0.2) is 0 Å². The summed E-state index contributed by atoms with van der Waals surface area (Å²) in [5.74, 6) is 0.864. The molecule has 3 heteroatoms. The second-order valence-electron chi connectivity index (χ2n) is 7.75. The lowest BCUT2D eigenvalue weighted by Crippen LogP contribution is -2.36. The van der Waals surface area contributed by atoms with Crippen LogP contribution in [0.4, 0.5) is 0 Å². The van der Waals surface area contributed by atoms with E-state index in [1.165, 1.54) is 24.8 Å². The Bertz CT molecular complexity index is 707. The number of hydrogen-bond donors (Lipinski definition) is 1. The fraction of sp³-hybridized carbons (Fsp3) is 0.500. The average molecular weight is 368 g/mol. The van der Waals surface area contributed by atoms with Crippen LogP contribution in [0.25, 0.3) is 0 Å². The van der Waals surface area contributed by atoms with E-state index in [2.05, 4.69) is 30.9 Å². The highest BCUT2D eigenvalue weighted by molar-refractivity contribution is 5.40. The van der Waals surface area contributed by atoms with Crippen LogP contribution in [0.2, 0.25) is 0 Å². The van der Waals surface area contributed by atoms with Crippen LogP contribution in [0, 0.1) is 6.92 Å². The molecule has 2 aromatic rings. The minimum Gasteiger partial charge on any atom is -0.494 e. The molecule has 0 bridgehead atoms. The predicted octanol–water partition coefficient (Wildman–Crippen LogP) is 4.90. The summed E-state index contributed by atoms with van der Waals surface area (Å²) in [7, 11) is 0. The lowest BCUT2D eigenvalue weighted by Gasteiger charge is -2.34. The second kappa shape index (κ2) is 9.38. The topological polar surface area (TPSA) is 32.7 Å². The van der Waals surface area contributed by atoms with Crippen LogP contribution in [0.5, 0.6) is 5.75 Å². The number of aliphatic hydroxyl groups is 1. The lowest BCUT2D eigenvalue weighted by atomic mass is 9.82. The summed E-state index contributed by atoms with van der Waals surface area (Å²) < 4.78 is 5.71. The molecule has 1 aliphatic rings. The van der Waals surface area contributed by atoms with Crippen molar-refractivity contribution < 1.29 is 9.84 Å². The van der Waals surface area contributed by atoms with Crippen LogP contribution >= 0.6 is 0 Å². The Morgan fingerprint density at radius 2 is 1.74 bits per heavy atom. The van der Waals surface area contributed by atoms with E-state index in [4.69, 9.17) is 4.74 Å². The maximum atomic E-state index is 11.8. The summed E-state index contributed by atoms with van der Waals surface area (Å²) in [5, 5.41) is 11.8.